The summed E-state index contributed by atoms with van der Waals surface area (Å²) in [5.41, 5.74) is 3.96. The number of amidine groups is 1. The minimum atomic E-state index is -0.379. The molecule has 3 aliphatic heterocycles. The molecule has 2 fully saturated rings. The number of nitrogens with zero attached hydrogens (tertiary/aromatic N) is 4. The van der Waals surface area contributed by atoms with E-state index in [1.54, 1.807) is 7.11 Å². The largest absolute Gasteiger partial charge is 0.497 e. The highest BCUT2D eigenvalue weighted by atomic mass is 35.5. The average Bonchev–Trinajstić information content (AvgIpc) is 3.75. The van der Waals surface area contributed by atoms with Crippen molar-refractivity contribution in [2.75, 3.05) is 33.3 Å². The second kappa shape index (κ2) is 14.3. The number of carbonyl (C=O) groups is 1. The van der Waals surface area contributed by atoms with Crippen molar-refractivity contribution < 1.29 is 14.3 Å². The lowest BCUT2D eigenvalue weighted by Gasteiger charge is -2.40. The maximum absolute atomic E-state index is 14.9. The summed E-state index contributed by atoms with van der Waals surface area (Å²) in [4.78, 5) is 26.8. The third-order valence-electron chi connectivity index (χ3n) is 9.37. The van der Waals surface area contributed by atoms with Gasteiger partial charge in [0.15, 0.2) is 0 Å². The van der Waals surface area contributed by atoms with Crippen LogP contribution in [-0.4, -0.2) is 72.0 Å². The zero-order valence-corrected chi connectivity index (χ0v) is 28.0. The van der Waals surface area contributed by atoms with Gasteiger partial charge in [-0.05, 0) is 100.0 Å². The van der Waals surface area contributed by atoms with Gasteiger partial charge in [0.1, 0.15) is 23.4 Å². The van der Waals surface area contributed by atoms with E-state index in [0.717, 1.165) is 49.0 Å². The lowest BCUT2D eigenvalue weighted by molar-refractivity contribution is 0.117. The molecular weight excluding hydrogens is 596 g/mol. The number of hydrogen-bond acceptors (Lipinski definition) is 5. The Morgan fingerprint density at radius 1 is 0.978 bits per heavy atom. The number of methoxy groups -OCH3 is 1. The van der Waals surface area contributed by atoms with Crippen LogP contribution in [-0.2, 0) is 6.42 Å². The van der Waals surface area contributed by atoms with Gasteiger partial charge in [-0.15, -0.1) is 6.58 Å². The number of ether oxygens (including phenoxy) is 2. The zero-order valence-electron chi connectivity index (χ0n) is 27.2. The van der Waals surface area contributed by atoms with E-state index in [1.807, 2.05) is 72.2 Å². The van der Waals surface area contributed by atoms with Crippen molar-refractivity contribution in [2.24, 2.45) is 4.99 Å². The lowest BCUT2D eigenvalue weighted by Crippen LogP contribution is -2.52. The van der Waals surface area contributed by atoms with E-state index in [1.165, 1.54) is 31.5 Å². The number of rotatable bonds is 9. The molecule has 6 rings (SSSR count). The van der Waals surface area contributed by atoms with Gasteiger partial charge in [-0.25, -0.2) is 4.79 Å². The van der Waals surface area contributed by atoms with Crippen molar-refractivity contribution in [1.29, 1.82) is 0 Å². The molecular formula is C38H45ClN4O3. The van der Waals surface area contributed by atoms with Gasteiger partial charge in [0, 0.05) is 30.2 Å². The molecule has 0 spiro atoms. The van der Waals surface area contributed by atoms with Crippen LogP contribution in [0.2, 0.25) is 5.02 Å². The summed E-state index contributed by atoms with van der Waals surface area (Å²) in [6.45, 7) is 11.7. The zero-order chi connectivity index (χ0) is 32.2. The number of aliphatic imine (C=N–C) groups is 1. The van der Waals surface area contributed by atoms with Gasteiger partial charge in [-0.1, -0.05) is 54.1 Å². The summed E-state index contributed by atoms with van der Waals surface area (Å²) >= 11 is 6.37. The van der Waals surface area contributed by atoms with Crippen LogP contribution in [0.4, 0.5) is 4.79 Å². The second-order valence-electron chi connectivity index (χ2n) is 12.8. The maximum Gasteiger partial charge on any atom is 0.326 e. The summed E-state index contributed by atoms with van der Waals surface area (Å²) in [5.74, 6) is 1.92. The molecule has 0 radical (unpaired) electrons. The number of urea groups is 1. The van der Waals surface area contributed by atoms with E-state index in [9.17, 15) is 4.79 Å². The van der Waals surface area contributed by atoms with Crippen molar-refractivity contribution in [1.82, 2.24) is 14.7 Å². The van der Waals surface area contributed by atoms with E-state index < -0.39 is 0 Å². The number of piperidine rings is 1. The van der Waals surface area contributed by atoms with Crippen molar-refractivity contribution in [2.45, 2.75) is 70.2 Å². The van der Waals surface area contributed by atoms with Crippen molar-refractivity contribution >= 4 is 23.5 Å². The van der Waals surface area contributed by atoms with Gasteiger partial charge in [0.2, 0.25) is 0 Å². The monoisotopic (exact) mass is 640 g/mol. The lowest BCUT2D eigenvalue weighted by atomic mass is 9.93. The van der Waals surface area contributed by atoms with Crippen LogP contribution in [0.25, 0.3) is 0 Å². The number of amides is 2. The van der Waals surface area contributed by atoms with E-state index in [0.29, 0.717) is 28.4 Å². The first-order valence-electron chi connectivity index (χ1n) is 16.6. The number of benzene rings is 3. The van der Waals surface area contributed by atoms with Crippen molar-refractivity contribution in [3.05, 3.63) is 107 Å². The van der Waals surface area contributed by atoms with Gasteiger partial charge in [-0.2, -0.15) is 0 Å². The Balaban J connectivity index is 1.44. The summed E-state index contributed by atoms with van der Waals surface area (Å²) in [6.07, 6.45) is 7.13. The summed E-state index contributed by atoms with van der Waals surface area (Å²) < 4.78 is 11.9. The molecule has 3 aliphatic rings. The number of carbonyl (C=O) groups excluding carboxylic acids is 1. The molecule has 0 aliphatic carbocycles. The van der Waals surface area contributed by atoms with E-state index >= 15 is 0 Å². The first-order valence-corrected chi connectivity index (χ1v) is 16.9. The van der Waals surface area contributed by atoms with Crippen LogP contribution in [0.15, 0.2) is 84.4 Å². The number of hydrogen-bond donors (Lipinski definition) is 0. The fraction of sp³-hybridized carbons (Fsp3) is 0.421. The van der Waals surface area contributed by atoms with E-state index in [4.69, 9.17) is 26.1 Å². The van der Waals surface area contributed by atoms with Crippen molar-refractivity contribution in [3.63, 3.8) is 0 Å². The second-order valence-corrected chi connectivity index (χ2v) is 13.2. The molecule has 0 aromatic heterocycles. The quantitative estimate of drug-likeness (QED) is 0.222. The predicted molar refractivity (Wildman–Crippen MR) is 185 cm³/mol. The number of allylic oxidation sites excluding steroid dienone is 1. The highest BCUT2D eigenvalue weighted by Crippen LogP contribution is 2.46. The molecule has 0 bridgehead atoms. The predicted octanol–water partition coefficient (Wildman–Crippen LogP) is 8.09. The number of halogens is 1. The van der Waals surface area contributed by atoms with Gasteiger partial charge in [0.25, 0.3) is 0 Å². The smallest absolute Gasteiger partial charge is 0.326 e. The van der Waals surface area contributed by atoms with E-state index in [-0.39, 0.29) is 24.2 Å². The Hall–Kier alpha value is -3.81. The van der Waals surface area contributed by atoms with Crippen molar-refractivity contribution in [3.8, 4) is 11.5 Å². The van der Waals surface area contributed by atoms with Crippen LogP contribution in [0.5, 0.6) is 11.5 Å². The SMILES string of the molecule is C=CCc1ccc([C@H]2N=C(c3ccc(OC)cc3OC(C)C)N(C(=O)N3CCC(N4CCCC4)CC3)[C@H]2c2ccc(Cl)cc2)cc1. The van der Waals surface area contributed by atoms with Crippen LogP contribution in [0.1, 0.15) is 73.9 Å². The summed E-state index contributed by atoms with van der Waals surface area (Å²) in [7, 11) is 1.64. The fourth-order valence-electron chi connectivity index (χ4n) is 7.06. The Morgan fingerprint density at radius 2 is 1.65 bits per heavy atom. The highest BCUT2D eigenvalue weighted by Gasteiger charge is 2.45. The molecule has 3 heterocycles. The van der Waals surface area contributed by atoms with Gasteiger partial charge in [0.05, 0.1) is 24.8 Å². The van der Waals surface area contributed by atoms with Gasteiger partial charge >= 0.3 is 6.03 Å². The molecule has 0 saturated carbocycles. The Bertz CT molecular complexity index is 1540. The van der Waals surface area contributed by atoms with Crippen LogP contribution in [0, 0.1) is 0 Å². The van der Waals surface area contributed by atoms with Gasteiger partial charge in [-0.3, -0.25) is 9.89 Å². The Kier molecular flexibility index (Phi) is 10.00. The first kappa shape index (κ1) is 32.1. The minimum absolute atomic E-state index is 0.0318. The Morgan fingerprint density at radius 3 is 2.28 bits per heavy atom. The third-order valence-corrected chi connectivity index (χ3v) is 9.62. The first-order chi connectivity index (χ1) is 22.4. The summed E-state index contributed by atoms with van der Waals surface area (Å²) in [6, 6.07) is 21.9. The molecule has 2 amide bonds. The van der Waals surface area contributed by atoms with Crippen LogP contribution < -0.4 is 9.47 Å². The molecule has 0 N–H and O–H groups in total. The van der Waals surface area contributed by atoms with E-state index in [2.05, 4.69) is 35.7 Å². The molecule has 3 aromatic carbocycles. The maximum atomic E-state index is 14.9. The molecule has 242 valence electrons. The highest BCUT2D eigenvalue weighted by molar-refractivity contribution is 6.30. The average molecular weight is 641 g/mol. The Labute approximate surface area is 278 Å². The molecule has 0 unspecified atom stereocenters. The molecule has 2 saturated heterocycles. The molecule has 46 heavy (non-hydrogen) atoms. The fourth-order valence-corrected chi connectivity index (χ4v) is 7.19. The van der Waals surface area contributed by atoms with Gasteiger partial charge < -0.3 is 19.3 Å². The normalized spacial score (nSPS) is 20.7. The van der Waals surface area contributed by atoms with Crippen LogP contribution >= 0.6 is 11.6 Å². The standard InChI is InChI=1S/C38H45ClN4O3/c1-5-8-27-9-11-28(12-10-27)35-36(29-13-15-30(39)16-14-29)43(38(44)42-23-19-31(20-24-42)41-21-6-7-22-41)37(40-35)33-18-17-32(45-4)25-34(33)46-26(2)3/h5,9-18,25-26,31,35-36H,1,6-8,19-24H2,2-4H3/t35-,36+/m1/s1. The van der Waals surface area contributed by atoms with Crippen LogP contribution in [0.3, 0.4) is 0 Å². The molecule has 3 aromatic rings. The molecule has 2 atom stereocenters. The topological polar surface area (TPSA) is 57.6 Å². The molecule has 7 nitrogen and oxygen atoms in total. The minimum Gasteiger partial charge on any atom is -0.497 e. The number of likely N-dealkylation sites (tertiary alicyclic amines) is 2. The third kappa shape index (κ3) is 6.81. The summed E-state index contributed by atoms with van der Waals surface area (Å²) in [5, 5.41) is 0.651. The molecule has 8 heteroatoms.